The van der Waals surface area contributed by atoms with Crippen molar-refractivity contribution in [3.63, 3.8) is 0 Å². The molecule has 0 amide bonds. The number of nitrogens with one attached hydrogen (secondary N) is 1. The average Bonchev–Trinajstić information content (AvgIpc) is 2.76. The average molecular weight is 237 g/mol. The standard InChI is InChI=1S/C13H23N3O/c1-14-11-3-5-13(6-4-11)17-10-8-12-7-9-15-16(12)2/h7,9,11,13-14H,3-6,8,10H2,1-2H3. The number of hydrogen-bond acceptors (Lipinski definition) is 3. The topological polar surface area (TPSA) is 39.1 Å². The van der Waals surface area contributed by atoms with Crippen LogP contribution in [0, 0.1) is 0 Å². The Kier molecular flexibility index (Phi) is 4.57. The molecule has 1 aliphatic carbocycles. The van der Waals surface area contributed by atoms with Crippen molar-refractivity contribution in [2.75, 3.05) is 13.7 Å². The van der Waals surface area contributed by atoms with Crippen molar-refractivity contribution in [3.8, 4) is 0 Å². The molecule has 0 radical (unpaired) electrons. The number of rotatable bonds is 5. The summed E-state index contributed by atoms with van der Waals surface area (Å²) < 4.78 is 7.85. The van der Waals surface area contributed by atoms with Crippen LogP contribution in [0.5, 0.6) is 0 Å². The van der Waals surface area contributed by atoms with E-state index in [0.717, 1.165) is 13.0 Å². The maximum absolute atomic E-state index is 5.94. The van der Waals surface area contributed by atoms with Crippen molar-refractivity contribution in [1.82, 2.24) is 15.1 Å². The summed E-state index contributed by atoms with van der Waals surface area (Å²) in [5, 5.41) is 7.50. The molecule has 2 rings (SSSR count). The lowest BCUT2D eigenvalue weighted by Gasteiger charge is -2.28. The molecule has 1 saturated carbocycles. The first kappa shape index (κ1) is 12.6. The van der Waals surface area contributed by atoms with Gasteiger partial charge in [0.1, 0.15) is 0 Å². The molecule has 0 saturated heterocycles. The third kappa shape index (κ3) is 3.54. The highest BCUT2D eigenvalue weighted by Gasteiger charge is 2.20. The Bertz CT molecular complexity index is 329. The van der Waals surface area contributed by atoms with Gasteiger partial charge < -0.3 is 10.1 Å². The van der Waals surface area contributed by atoms with Crippen molar-refractivity contribution in [2.24, 2.45) is 7.05 Å². The fraction of sp³-hybridized carbons (Fsp3) is 0.769. The Morgan fingerprint density at radius 3 is 2.76 bits per heavy atom. The van der Waals surface area contributed by atoms with Crippen LogP contribution >= 0.6 is 0 Å². The molecule has 96 valence electrons. The predicted octanol–water partition coefficient (Wildman–Crippen LogP) is 1.51. The molecule has 17 heavy (non-hydrogen) atoms. The highest BCUT2D eigenvalue weighted by Crippen LogP contribution is 2.21. The van der Waals surface area contributed by atoms with Crippen molar-refractivity contribution in [1.29, 1.82) is 0 Å². The maximum atomic E-state index is 5.94. The molecule has 0 unspecified atom stereocenters. The molecule has 1 fully saturated rings. The van der Waals surface area contributed by atoms with Crippen molar-refractivity contribution in [2.45, 2.75) is 44.2 Å². The van der Waals surface area contributed by atoms with E-state index in [0.29, 0.717) is 12.1 Å². The zero-order valence-corrected chi connectivity index (χ0v) is 10.9. The van der Waals surface area contributed by atoms with Gasteiger partial charge >= 0.3 is 0 Å². The molecule has 1 aromatic rings. The van der Waals surface area contributed by atoms with Gasteiger partial charge in [-0.15, -0.1) is 0 Å². The zero-order valence-electron chi connectivity index (χ0n) is 10.9. The summed E-state index contributed by atoms with van der Waals surface area (Å²) >= 11 is 0. The van der Waals surface area contributed by atoms with Crippen molar-refractivity contribution >= 4 is 0 Å². The Balaban J connectivity index is 1.65. The van der Waals surface area contributed by atoms with Crippen LogP contribution in [0.1, 0.15) is 31.4 Å². The second kappa shape index (κ2) is 6.17. The zero-order chi connectivity index (χ0) is 12.1. The van der Waals surface area contributed by atoms with E-state index in [9.17, 15) is 0 Å². The molecule has 0 aliphatic heterocycles. The van der Waals surface area contributed by atoms with Gasteiger partial charge in [0.2, 0.25) is 0 Å². The number of aryl methyl sites for hydroxylation is 1. The highest BCUT2D eigenvalue weighted by molar-refractivity contribution is 4.99. The molecule has 1 heterocycles. The van der Waals surface area contributed by atoms with Gasteiger partial charge in [0.15, 0.2) is 0 Å². The second-order valence-electron chi connectivity index (χ2n) is 4.83. The molecule has 0 aromatic carbocycles. The third-order valence-corrected chi connectivity index (χ3v) is 3.72. The van der Waals surface area contributed by atoms with Crippen LogP contribution in [0.4, 0.5) is 0 Å². The summed E-state index contributed by atoms with van der Waals surface area (Å²) in [6.45, 7) is 0.814. The van der Waals surface area contributed by atoms with Gasteiger partial charge in [-0.1, -0.05) is 0 Å². The van der Waals surface area contributed by atoms with Crippen LogP contribution in [0.25, 0.3) is 0 Å². The van der Waals surface area contributed by atoms with Crippen LogP contribution in [-0.2, 0) is 18.2 Å². The van der Waals surface area contributed by atoms with Crippen LogP contribution in [0.3, 0.4) is 0 Å². The fourth-order valence-electron chi connectivity index (χ4n) is 2.49. The summed E-state index contributed by atoms with van der Waals surface area (Å²) in [5.74, 6) is 0. The smallest absolute Gasteiger partial charge is 0.0576 e. The Morgan fingerprint density at radius 1 is 1.41 bits per heavy atom. The highest BCUT2D eigenvalue weighted by atomic mass is 16.5. The van der Waals surface area contributed by atoms with Crippen LogP contribution in [-0.4, -0.2) is 35.6 Å². The summed E-state index contributed by atoms with van der Waals surface area (Å²) in [5.41, 5.74) is 1.24. The minimum absolute atomic E-state index is 0.466. The molecule has 1 N–H and O–H groups in total. The lowest BCUT2D eigenvalue weighted by Crippen LogP contribution is -2.33. The van der Waals surface area contributed by atoms with E-state index >= 15 is 0 Å². The largest absolute Gasteiger partial charge is 0.378 e. The first-order valence-corrected chi connectivity index (χ1v) is 6.55. The van der Waals surface area contributed by atoms with E-state index in [4.69, 9.17) is 4.74 Å². The van der Waals surface area contributed by atoms with Crippen LogP contribution in [0.2, 0.25) is 0 Å². The van der Waals surface area contributed by atoms with Gasteiger partial charge in [-0.25, -0.2) is 0 Å². The Morgan fingerprint density at radius 2 is 2.18 bits per heavy atom. The molecule has 0 spiro atoms. The quantitative estimate of drug-likeness (QED) is 0.843. The minimum Gasteiger partial charge on any atom is -0.378 e. The van der Waals surface area contributed by atoms with Gasteiger partial charge in [0.05, 0.1) is 12.7 Å². The van der Waals surface area contributed by atoms with Crippen LogP contribution in [0.15, 0.2) is 12.3 Å². The fourth-order valence-corrected chi connectivity index (χ4v) is 2.49. The van der Waals surface area contributed by atoms with E-state index in [2.05, 4.69) is 16.5 Å². The second-order valence-corrected chi connectivity index (χ2v) is 4.83. The van der Waals surface area contributed by atoms with E-state index < -0.39 is 0 Å². The van der Waals surface area contributed by atoms with Gasteiger partial charge in [-0.2, -0.15) is 5.10 Å². The Hall–Kier alpha value is -0.870. The van der Waals surface area contributed by atoms with E-state index in [1.807, 2.05) is 25.0 Å². The van der Waals surface area contributed by atoms with Gasteiger partial charge in [-0.3, -0.25) is 4.68 Å². The predicted molar refractivity (Wildman–Crippen MR) is 68.0 cm³/mol. The van der Waals surface area contributed by atoms with Gasteiger partial charge in [0, 0.05) is 31.4 Å². The number of hydrogen-bond donors (Lipinski definition) is 1. The van der Waals surface area contributed by atoms with Gasteiger partial charge in [-0.05, 0) is 38.8 Å². The maximum Gasteiger partial charge on any atom is 0.0576 e. The third-order valence-electron chi connectivity index (χ3n) is 3.72. The molecule has 4 heteroatoms. The molecule has 1 aliphatic rings. The summed E-state index contributed by atoms with van der Waals surface area (Å²) in [6, 6.07) is 2.76. The summed E-state index contributed by atoms with van der Waals surface area (Å²) in [7, 11) is 4.03. The van der Waals surface area contributed by atoms with E-state index in [1.54, 1.807) is 0 Å². The first-order chi connectivity index (χ1) is 8.29. The van der Waals surface area contributed by atoms with Crippen molar-refractivity contribution < 1.29 is 4.74 Å². The van der Waals surface area contributed by atoms with Crippen LogP contribution < -0.4 is 5.32 Å². The number of ether oxygens (including phenoxy) is 1. The van der Waals surface area contributed by atoms with Crippen molar-refractivity contribution in [3.05, 3.63) is 18.0 Å². The van der Waals surface area contributed by atoms with E-state index in [1.165, 1.54) is 31.4 Å². The lowest BCUT2D eigenvalue weighted by molar-refractivity contribution is 0.0243. The number of nitrogens with zero attached hydrogens (tertiary/aromatic N) is 2. The lowest BCUT2D eigenvalue weighted by atomic mass is 9.93. The first-order valence-electron chi connectivity index (χ1n) is 6.55. The monoisotopic (exact) mass is 237 g/mol. The summed E-state index contributed by atoms with van der Waals surface area (Å²) in [4.78, 5) is 0. The molecule has 0 bridgehead atoms. The Labute approximate surface area is 103 Å². The number of aromatic nitrogens is 2. The van der Waals surface area contributed by atoms with Gasteiger partial charge in [0.25, 0.3) is 0 Å². The molecule has 0 atom stereocenters. The van der Waals surface area contributed by atoms with E-state index in [-0.39, 0.29) is 0 Å². The molecule has 1 aromatic heterocycles. The molecular formula is C13H23N3O. The minimum atomic E-state index is 0.466. The SMILES string of the molecule is CNC1CCC(OCCc2ccnn2C)CC1. The molecular weight excluding hydrogens is 214 g/mol. The normalized spacial score (nSPS) is 25.1. The summed E-state index contributed by atoms with van der Waals surface area (Å²) in [6.07, 6.45) is 8.14. The molecule has 4 nitrogen and oxygen atoms in total.